The van der Waals surface area contributed by atoms with Gasteiger partial charge in [0.1, 0.15) is 0 Å². The number of benzene rings is 1. The molecular weight excluding hydrogens is 290 g/mol. The van der Waals surface area contributed by atoms with E-state index in [0.29, 0.717) is 6.54 Å². The Morgan fingerprint density at radius 3 is 2.57 bits per heavy atom. The van der Waals surface area contributed by atoms with Crippen molar-refractivity contribution in [1.82, 2.24) is 9.62 Å². The molecular formula is C14H23N3O3S. The Labute approximate surface area is 126 Å². The van der Waals surface area contributed by atoms with Crippen molar-refractivity contribution in [3.8, 4) is 0 Å². The number of rotatable bonds is 7. The van der Waals surface area contributed by atoms with E-state index in [9.17, 15) is 13.2 Å². The van der Waals surface area contributed by atoms with E-state index in [-0.39, 0.29) is 29.9 Å². The van der Waals surface area contributed by atoms with Gasteiger partial charge in [-0.2, -0.15) is 4.31 Å². The zero-order valence-corrected chi connectivity index (χ0v) is 13.5. The van der Waals surface area contributed by atoms with Gasteiger partial charge < -0.3 is 11.1 Å². The molecule has 1 rings (SSSR count). The largest absolute Gasteiger partial charge is 0.355 e. The Balaban J connectivity index is 3.07. The fourth-order valence-electron chi connectivity index (χ4n) is 1.89. The second-order valence-electron chi connectivity index (χ2n) is 4.75. The molecule has 0 saturated carbocycles. The third-order valence-electron chi connectivity index (χ3n) is 3.07. The Kier molecular flexibility index (Phi) is 6.32. The predicted molar refractivity (Wildman–Crippen MR) is 82.2 cm³/mol. The van der Waals surface area contributed by atoms with Crippen molar-refractivity contribution < 1.29 is 13.2 Å². The Morgan fingerprint density at radius 2 is 2.05 bits per heavy atom. The number of nitrogens with zero attached hydrogens (tertiary/aromatic N) is 1. The third-order valence-corrected chi connectivity index (χ3v) is 4.99. The van der Waals surface area contributed by atoms with E-state index in [4.69, 9.17) is 5.73 Å². The van der Waals surface area contributed by atoms with Crippen LogP contribution in [-0.4, -0.2) is 38.3 Å². The fourth-order valence-corrected chi connectivity index (χ4v) is 3.35. The first kappa shape index (κ1) is 17.6. The molecule has 0 bridgehead atoms. The highest BCUT2D eigenvalue weighted by Gasteiger charge is 2.25. The molecule has 1 unspecified atom stereocenters. The molecule has 0 aliphatic heterocycles. The summed E-state index contributed by atoms with van der Waals surface area (Å²) >= 11 is 0. The summed E-state index contributed by atoms with van der Waals surface area (Å²) in [6, 6.07) is 6.26. The lowest BCUT2D eigenvalue weighted by molar-refractivity contribution is -0.121. The van der Waals surface area contributed by atoms with Crippen molar-refractivity contribution in [3.05, 3.63) is 29.8 Å². The van der Waals surface area contributed by atoms with E-state index >= 15 is 0 Å². The molecule has 1 aromatic carbocycles. The van der Waals surface area contributed by atoms with Crippen LogP contribution in [0.4, 0.5) is 0 Å². The Bertz CT molecular complexity index is 585. The van der Waals surface area contributed by atoms with Crippen LogP contribution < -0.4 is 11.1 Å². The van der Waals surface area contributed by atoms with Gasteiger partial charge in [0.25, 0.3) is 0 Å². The molecule has 0 radical (unpaired) electrons. The number of likely N-dealkylation sites (N-methyl/N-ethyl adjacent to an activating group) is 2. The molecule has 6 nitrogen and oxygen atoms in total. The summed E-state index contributed by atoms with van der Waals surface area (Å²) in [6.45, 7) is 5.78. The number of carbonyl (C=O) groups is 1. The van der Waals surface area contributed by atoms with Crippen LogP contribution in [0.5, 0.6) is 0 Å². The summed E-state index contributed by atoms with van der Waals surface area (Å²) in [5.41, 5.74) is 6.52. The first-order valence-electron chi connectivity index (χ1n) is 6.95. The first-order chi connectivity index (χ1) is 9.82. The Morgan fingerprint density at radius 1 is 1.38 bits per heavy atom. The van der Waals surface area contributed by atoms with Crippen molar-refractivity contribution in [3.63, 3.8) is 0 Å². The molecule has 1 aromatic rings. The highest BCUT2D eigenvalue weighted by Crippen LogP contribution is 2.19. The van der Waals surface area contributed by atoms with E-state index in [0.717, 1.165) is 9.87 Å². The highest BCUT2D eigenvalue weighted by molar-refractivity contribution is 7.89. The second kappa shape index (κ2) is 7.53. The van der Waals surface area contributed by atoms with Gasteiger partial charge >= 0.3 is 0 Å². The summed E-state index contributed by atoms with van der Waals surface area (Å²) < 4.78 is 26.3. The van der Waals surface area contributed by atoms with Gasteiger partial charge in [0.05, 0.1) is 11.4 Å². The Hall–Kier alpha value is -1.44. The molecule has 0 heterocycles. The first-order valence-corrected chi connectivity index (χ1v) is 8.39. The molecule has 118 valence electrons. The van der Waals surface area contributed by atoms with Crippen LogP contribution in [0.15, 0.2) is 29.2 Å². The zero-order valence-electron chi connectivity index (χ0n) is 12.7. The summed E-state index contributed by atoms with van der Waals surface area (Å²) in [5, 5.41) is 2.60. The van der Waals surface area contributed by atoms with Crippen LogP contribution in [0.25, 0.3) is 0 Å². The van der Waals surface area contributed by atoms with Gasteiger partial charge in [0.15, 0.2) is 0 Å². The van der Waals surface area contributed by atoms with Crippen LogP contribution in [-0.2, 0) is 14.8 Å². The molecule has 1 amide bonds. The average molecular weight is 313 g/mol. The van der Waals surface area contributed by atoms with Crippen molar-refractivity contribution in [1.29, 1.82) is 0 Å². The van der Waals surface area contributed by atoms with Crippen LogP contribution in [0.3, 0.4) is 0 Å². The van der Waals surface area contributed by atoms with Gasteiger partial charge in [0.2, 0.25) is 15.9 Å². The van der Waals surface area contributed by atoms with Gasteiger partial charge in [-0.1, -0.05) is 19.1 Å². The van der Waals surface area contributed by atoms with Crippen molar-refractivity contribution in [2.45, 2.75) is 31.7 Å². The van der Waals surface area contributed by atoms with Gasteiger partial charge in [-0.3, -0.25) is 4.79 Å². The van der Waals surface area contributed by atoms with E-state index in [2.05, 4.69) is 5.32 Å². The monoisotopic (exact) mass is 313 g/mol. The van der Waals surface area contributed by atoms with E-state index in [1.54, 1.807) is 39.0 Å². The number of carbonyl (C=O) groups excluding carboxylic acids is 1. The van der Waals surface area contributed by atoms with Gasteiger partial charge in [-0.05, 0) is 31.5 Å². The standard InChI is InChI=1S/C14H23N3O3S/c1-4-16-14(18)10-17(5-2)21(19,20)13-8-6-7-12(9-13)11(3)15/h6-9,11H,4-5,10,15H2,1-3H3,(H,16,18). The number of nitrogens with one attached hydrogen (secondary N) is 1. The predicted octanol–water partition coefficient (Wildman–Crippen LogP) is 0.853. The summed E-state index contributed by atoms with van der Waals surface area (Å²) in [6.07, 6.45) is 0. The van der Waals surface area contributed by atoms with E-state index in [1.807, 2.05) is 0 Å². The summed E-state index contributed by atoms with van der Waals surface area (Å²) in [7, 11) is -3.70. The highest BCUT2D eigenvalue weighted by atomic mass is 32.2. The van der Waals surface area contributed by atoms with Crippen LogP contribution in [0, 0.1) is 0 Å². The molecule has 0 aromatic heterocycles. The second-order valence-corrected chi connectivity index (χ2v) is 6.68. The number of hydrogen-bond acceptors (Lipinski definition) is 4. The molecule has 0 spiro atoms. The third kappa shape index (κ3) is 4.52. The molecule has 0 saturated heterocycles. The molecule has 0 aliphatic rings. The lowest BCUT2D eigenvalue weighted by Crippen LogP contribution is -2.40. The maximum atomic E-state index is 12.6. The van der Waals surface area contributed by atoms with Gasteiger partial charge in [-0.15, -0.1) is 0 Å². The zero-order chi connectivity index (χ0) is 16.0. The minimum absolute atomic E-state index is 0.156. The average Bonchev–Trinajstić information content (AvgIpc) is 2.45. The lowest BCUT2D eigenvalue weighted by Gasteiger charge is -2.20. The van der Waals surface area contributed by atoms with Crippen LogP contribution >= 0.6 is 0 Å². The van der Waals surface area contributed by atoms with Crippen LogP contribution in [0.1, 0.15) is 32.4 Å². The number of hydrogen-bond donors (Lipinski definition) is 2. The maximum absolute atomic E-state index is 12.6. The van der Waals surface area contributed by atoms with E-state index < -0.39 is 10.0 Å². The number of amides is 1. The maximum Gasteiger partial charge on any atom is 0.243 e. The normalized spacial score (nSPS) is 13.2. The lowest BCUT2D eigenvalue weighted by atomic mass is 10.1. The van der Waals surface area contributed by atoms with Gasteiger partial charge in [-0.25, -0.2) is 8.42 Å². The van der Waals surface area contributed by atoms with E-state index in [1.165, 1.54) is 6.07 Å². The topological polar surface area (TPSA) is 92.5 Å². The molecule has 21 heavy (non-hydrogen) atoms. The summed E-state index contributed by atoms with van der Waals surface area (Å²) in [4.78, 5) is 11.8. The number of sulfonamides is 1. The fraction of sp³-hybridized carbons (Fsp3) is 0.500. The van der Waals surface area contributed by atoms with Crippen LogP contribution in [0.2, 0.25) is 0 Å². The van der Waals surface area contributed by atoms with Crippen molar-refractivity contribution >= 4 is 15.9 Å². The van der Waals surface area contributed by atoms with Gasteiger partial charge in [0, 0.05) is 19.1 Å². The molecule has 0 fully saturated rings. The minimum Gasteiger partial charge on any atom is -0.355 e. The minimum atomic E-state index is -3.70. The SMILES string of the molecule is CCNC(=O)CN(CC)S(=O)(=O)c1cccc(C(C)N)c1. The quantitative estimate of drug-likeness (QED) is 0.780. The van der Waals surface area contributed by atoms with Crippen molar-refractivity contribution in [2.75, 3.05) is 19.6 Å². The smallest absolute Gasteiger partial charge is 0.243 e. The molecule has 0 aliphatic carbocycles. The molecule has 3 N–H and O–H groups in total. The van der Waals surface area contributed by atoms with Crippen molar-refractivity contribution in [2.24, 2.45) is 5.73 Å². The molecule has 7 heteroatoms. The summed E-state index contributed by atoms with van der Waals surface area (Å²) in [5.74, 6) is -0.314. The number of nitrogens with two attached hydrogens (primary N) is 1. The molecule has 1 atom stereocenters.